The Balaban J connectivity index is 1.63. The molecule has 22 heavy (non-hydrogen) atoms. The summed E-state index contributed by atoms with van der Waals surface area (Å²) in [7, 11) is 1.71. The van der Waals surface area contributed by atoms with E-state index >= 15 is 0 Å². The van der Waals surface area contributed by atoms with Gasteiger partial charge in [-0.1, -0.05) is 30.3 Å². The average Bonchev–Trinajstić information content (AvgIpc) is 2.58. The van der Waals surface area contributed by atoms with Gasteiger partial charge in [-0.3, -0.25) is 0 Å². The van der Waals surface area contributed by atoms with E-state index in [4.69, 9.17) is 9.47 Å². The van der Waals surface area contributed by atoms with Crippen molar-refractivity contribution in [2.75, 3.05) is 25.6 Å². The van der Waals surface area contributed by atoms with Gasteiger partial charge in [-0.15, -0.1) is 11.8 Å². The lowest BCUT2D eigenvalue weighted by molar-refractivity contribution is 0.127. The molecule has 1 unspecified atom stereocenters. The fourth-order valence-corrected chi connectivity index (χ4v) is 3.15. The summed E-state index contributed by atoms with van der Waals surface area (Å²) in [6.07, 6.45) is 2.92. The van der Waals surface area contributed by atoms with Gasteiger partial charge in [-0.05, 0) is 11.6 Å². The van der Waals surface area contributed by atoms with E-state index in [2.05, 4.69) is 40.6 Å². The summed E-state index contributed by atoms with van der Waals surface area (Å²) in [5.41, 5.74) is 1.31. The van der Waals surface area contributed by atoms with Crippen LogP contribution in [-0.2, 0) is 10.5 Å². The Labute approximate surface area is 135 Å². The molecular formula is C17H20N2O2S. The number of nitrogens with one attached hydrogen (secondary N) is 1. The van der Waals surface area contributed by atoms with Crippen molar-refractivity contribution >= 4 is 17.6 Å². The van der Waals surface area contributed by atoms with Gasteiger partial charge in [0.1, 0.15) is 6.10 Å². The van der Waals surface area contributed by atoms with Crippen molar-refractivity contribution in [3.05, 3.63) is 48.2 Å². The summed E-state index contributed by atoms with van der Waals surface area (Å²) in [6, 6.07) is 12.5. The number of thioether (sulfide) groups is 1. The Morgan fingerprint density at radius 1 is 1.36 bits per heavy atom. The van der Waals surface area contributed by atoms with E-state index in [1.165, 1.54) is 5.56 Å². The molecule has 1 aliphatic rings. The lowest BCUT2D eigenvalue weighted by Crippen LogP contribution is -2.32. The Kier molecular flexibility index (Phi) is 5.19. The Hall–Kier alpha value is -1.72. The number of rotatable bonds is 6. The fraction of sp³-hybridized carbons (Fsp3) is 0.353. The normalized spacial score (nSPS) is 16.5. The van der Waals surface area contributed by atoms with E-state index in [1.807, 2.05) is 12.3 Å². The Morgan fingerprint density at radius 3 is 3.05 bits per heavy atom. The minimum atomic E-state index is 0.142. The van der Waals surface area contributed by atoms with Gasteiger partial charge in [0.05, 0.1) is 6.54 Å². The number of ether oxygens (including phenoxy) is 2. The van der Waals surface area contributed by atoms with E-state index in [0.717, 1.165) is 35.2 Å². The first-order chi connectivity index (χ1) is 10.8. The highest BCUT2D eigenvalue weighted by Crippen LogP contribution is 2.33. The van der Waals surface area contributed by atoms with Crippen molar-refractivity contribution < 1.29 is 9.47 Å². The second-order valence-corrected chi connectivity index (χ2v) is 6.24. The third kappa shape index (κ3) is 3.93. The van der Waals surface area contributed by atoms with Crippen LogP contribution in [0.15, 0.2) is 47.5 Å². The van der Waals surface area contributed by atoms with Crippen molar-refractivity contribution in [1.29, 1.82) is 0 Å². The second-order valence-electron chi connectivity index (χ2n) is 5.19. The fourth-order valence-electron chi connectivity index (χ4n) is 2.31. The summed E-state index contributed by atoms with van der Waals surface area (Å²) in [5, 5.41) is 3.32. The molecule has 0 amide bonds. The Morgan fingerprint density at radius 2 is 2.23 bits per heavy atom. The molecule has 0 radical (unpaired) electrons. The number of aromatic nitrogens is 1. The SMILES string of the molecule is COCCC1CNc2ncc(SCc3ccccc3)cc2O1. The average molecular weight is 316 g/mol. The first-order valence-electron chi connectivity index (χ1n) is 7.41. The number of hydrogen-bond donors (Lipinski definition) is 1. The molecular weight excluding hydrogens is 296 g/mol. The first kappa shape index (κ1) is 15.2. The summed E-state index contributed by atoms with van der Waals surface area (Å²) < 4.78 is 11.1. The number of anilines is 1. The van der Waals surface area contributed by atoms with Crippen LogP contribution in [0.1, 0.15) is 12.0 Å². The summed E-state index contributed by atoms with van der Waals surface area (Å²) >= 11 is 1.77. The molecule has 4 nitrogen and oxygen atoms in total. The molecule has 2 aromatic rings. The molecule has 1 atom stereocenters. The molecule has 1 aromatic heterocycles. The lowest BCUT2D eigenvalue weighted by Gasteiger charge is -2.26. The molecule has 0 spiro atoms. The highest BCUT2D eigenvalue weighted by atomic mass is 32.2. The molecule has 1 aliphatic heterocycles. The van der Waals surface area contributed by atoms with Gasteiger partial charge in [0, 0.05) is 37.0 Å². The van der Waals surface area contributed by atoms with E-state index < -0.39 is 0 Å². The van der Waals surface area contributed by atoms with Crippen LogP contribution in [0.2, 0.25) is 0 Å². The van der Waals surface area contributed by atoms with E-state index in [0.29, 0.717) is 6.61 Å². The van der Waals surface area contributed by atoms with E-state index in [9.17, 15) is 0 Å². The van der Waals surface area contributed by atoms with Crippen LogP contribution >= 0.6 is 11.8 Å². The monoisotopic (exact) mass is 316 g/mol. The van der Waals surface area contributed by atoms with Crippen LogP contribution in [0.4, 0.5) is 5.82 Å². The third-order valence-corrected chi connectivity index (χ3v) is 4.54. The van der Waals surface area contributed by atoms with Gasteiger partial charge in [-0.25, -0.2) is 4.98 Å². The maximum absolute atomic E-state index is 6.01. The predicted octanol–water partition coefficient (Wildman–Crippen LogP) is 3.58. The van der Waals surface area contributed by atoms with Crippen LogP contribution in [0.5, 0.6) is 5.75 Å². The maximum Gasteiger partial charge on any atom is 0.168 e. The van der Waals surface area contributed by atoms with Gasteiger partial charge in [-0.2, -0.15) is 0 Å². The zero-order chi connectivity index (χ0) is 15.2. The molecule has 0 saturated heterocycles. The quantitative estimate of drug-likeness (QED) is 0.825. The molecule has 116 valence electrons. The molecule has 1 aromatic carbocycles. The summed E-state index contributed by atoms with van der Waals surface area (Å²) in [6.45, 7) is 1.48. The van der Waals surface area contributed by atoms with Crippen LogP contribution in [0.3, 0.4) is 0 Å². The topological polar surface area (TPSA) is 43.4 Å². The van der Waals surface area contributed by atoms with Crippen LogP contribution in [0.25, 0.3) is 0 Å². The van der Waals surface area contributed by atoms with E-state index in [-0.39, 0.29) is 6.10 Å². The van der Waals surface area contributed by atoms with Crippen molar-refractivity contribution in [3.63, 3.8) is 0 Å². The zero-order valence-electron chi connectivity index (χ0n) is 12.6. The van der Waals surface area contributed by atoms with Gasteiger partial charge >= 0.3 is 0 Å². The van der Waals surface area contributed by atoms with E-state index in [1.54, 1.807) is 18.9 Å². The molecule has 0 bridgehead atoms. The first-order valence-corrected chi connectivity index (χ1v) is 8.40. The number of hydrogen-bond acceptors (Lipinski definition) is 5. The highest BCUT2D eigenvalue weighted by Gasteiger charge is 2.20. The van der Waals surface area contributed by atoms with Crippen molar-refractivity contribution in [2.24, 2.45) is 0 Å². The highest BCUT2D eigenvalue weighted by molar-refractivity contribution is 7.98. The second kappa shape index (κ2) is 7.51. The van der Waals surface area contributed by atoms with Crippen molar-refractivity contribution in [1.82, 2.24) is 4.98 Å². The predicted molar refractivity (Wildman–Crippen MR) is 89.6 cm³/mol. The molecule has 0 aliphatic carbocycles. The minimum Gasteiger partial charge on any atom is -0.485 e. The van der Waals surface area contributed by atoms with Gasteiger partial charge in [0.25, 0.3) is 0 Å². The molecule has 0 saturated carbocycles. The number of fused-ring (bicyclic) bond motifs is 1. The summed E-state index contributed by atoms with van der Waals surface area (Å²) in [5.74, 6) is 2.60. The smallest absolute Gasteiger partial charge is 0.168 e. The van der Waals surface area contributed by atoms with Gasteiger partial charge in [0.2, 0.25) is 0 Å². The largest absolute Gasteiger partial charge is 0.485 e. The standard InChI is InChI=1S/C17H20N2O2S/c1-20-8-7-14-10-18-17-16(21-14)9-15(11-19-17)22-12-13-5-3-2-4-6-13/h2-6,9,11,14H,7-8,10,12H2,1H3,(H,18,19). The summed E-state index contributed by atoms with van der Waals surface area (Å²) in [4.78, 5) is 5.58. The van der Waals surface area contributed by atoms with Crippen molar-refractivity contribution in [3.8, 4) is 5.75 Å². The Bertz CT molecular complexity index is 607. The zero-order valence-corrected chi connectivity index (χ0v) is 13.4. The molecule has 0 fully saturated rings. The molecule has 1 N–H and O–H groups in total. The minimum absolute atomic E-state index is 0.142. The molecule has 5 heteroatoms. The number of methoxy groups -OCH3 is 1. The van der Waals surface area contributed by atoms with Gasteiger partial charge in [0.15, 0.2) is 11.6 Å². The maximum atomic E-state index is 6.01. The van der Waals surface area contributed by atoms with Crippen molar-refractivity contribution in [2.45, 2.75) is 23.2 Å². The van der Waals surface area contributed by atoms with Crippen LogP contribution in [-0.4, -0.2) is 31.3 Å². The molecule has 3 rings (SSSR count). The molecule has 2 heterocycles. The van der Waals surface area contributed by atoms with Gasteiger partial charge < -0.3 is 14.8 Å². The number of nitrogens with zero attached hydrogens (tertiary/aromatic N) is 1. The third-order valence-electron chi connectivity index (χ3n) is 3.51. The van der Waals surface area contributed by atoms with Crippen LogP contribution in [0, 0.1) is 0 Å². The van der Waals surface area contributed by atoms with Crippen LogP contribution < -0.4 is 10.1 Å². The number of benzene rings is 1. The lowest BCUT2D eigenvalue weighted by atomic mass is 10.2. The number of pyridine rings is 1.